The standard InChI is InChI=1S/C26H31N3O7/c1-18(30)22(28-26(34)36-17-20-11-6-3-7-12-20)24(32)29-15-21(23(29)31)13-8-14-27-25(33)35-16-19-9-4-2-5-10-19/h2-7,9-12,18,21-22,30H,8,13-17H2,1H3,(H,27,33)(H,28,34)/t18?,21-,22?/m1/s1. The molecule has 1 saturated heterocycles. The van der Waals surface area contributed by atoms with Crippen LogP contribution in [0.5, 0.6) is 0 Å². The van der Waals surface area contributed by atoms with Crippen molar-refractivity contribution in [1.29, 1.82) is 0 Å². The minimum Gasteiger partial charge on any atom is -0.445 e. The van der Waals surface area contributed by atoms with Gasteiger partial charge in [0.25, 0.3) is 5.91 Å². The van der Waals surface area contributed by atoms with Crippen molar-refractivity contribution in [2.75, 3.05) is 13.1 Å². The van der Waals surface area contributed by atoms with E-state index < -0.39 is 30.2 Å². The van der Waals surface area contributed by atoms with E-state index in [0.717, 1.165) is 16.0 Å². The smallest absolute Gasteiger partial charge is 0.408 e. The number of hydrogen-bond donors (Lipinski definition) is 3. The van der Waals surface area contributed by atoms with Crippen LogP contribution in [0.4, 0.5) is 9.59 Å². The van der Waals surface area contributed by atoms with Crippen molar-refractivity contribution in [2.24, 2.45) is 5.92 Å². The predicted octanol–water partition coefficient (Wildman–Crippen LogP) is 2.35. The van der Waals surface area contributed by atoms with Gasteiger partial charge in [0.1, 0.15) is 19.3 Å². The fourth-order valence-electron chi connectivity index (χ4n) is 3.67. The molecule has 0 bridgehead atoms. The van der Waals surface area contributed by atoms with Gasteiger partial charge in [-0.25, -0.2) is 9.59 Å². The summed E-state index contributed by atoms with van der Waals surface area (Å²) < 4.78 is 10.2. The van der Waals surface area contributed by atoms with E-state index in [4.69, 9.17) is 9.47 Å². The molecule has 0 saturated carbocycles. The average Bonchev–Trinajstić information content (AvgIpc) is 2.89. The molecule has 36 heavy (non-hydrogen) atoms. The second-order valence-electron chi connectivity index (χ2n) is 8.54. The highest BCUT2D eigenvalue weighted by molar-refractivity contribution is 6.03. The van der Waals surface area contributed by atoms with Gasteiger partial charge in [0, 0.05) is 13.1 Å². The van der Waals surface area contributed by atoms with Gasteiger partial charge in [0.15, 0.2) is 0 Å². The number of nitrogens with one attached hydrogen (secondary N) is 2. The summed E-state index contributed by atoms with van der Waals surface area (Å²) in [6, 6.07) is 17.0. The van der Waals surface area contributed by atoms with Crippen LogP contribution in [-0.4, -0.2) is 59.2 Å². The number of carbonyl (C=O) groups excluding carboxylic acids is 4. The van der Waals surface area contributed by atoms with Gasteiger partial charge in [0.2, 0.25) is 5.91 Å². The Morgan fingerprint density at radius 2 is 1.53 bits per heavy atom. The van der Waals surface area contributed by atoms with Crippen molar-refractivity contribution in [2.45, 2.75) is 45.1 Å². The van der Waals surface area contributed by atoms with Gasteiger partial charge < -0.3 is 25.2 Å². The third-order valence-corrected chi connectivity index (χ3v) is 5.73. The second-order valence-corrected chi connectivity index (χ2v) is 8.54. The van der Waals surface area contributed by atoms with E-state index in [2.05, 4.69) is 10.6 Å². The Balaban J connectivity index is 1.35. The van der Waals surface area contributed by atoms with Crippen molar-refractivity contribution < 1.29 is 33.8 Å². The summed E-state index contributed by atoms with van der Waals surface area (Å²) in [6.45, 7) is 2.04. The molecule has 0 aromatic heterocycles. The van der Waals surface area contributed by atoms with Gasteiger partial charge in [0.05, 0.1) is 12.0 Å². The normalized spacial score (nSPS) is 16.3. The quantitative estimate of drug-likeness (QED) is 0.320. The number of β-lactam (4-membered cyclic amide) rings is 1. The lowest BCUT2D eigenvalue weighted by Gasteiger charge is -2.39. The molecule has 3 N–H and O–H groups in total. The SMILES string of the molecule is CC(O)C(NC(=O)OCc1ccccc1)C(=O)N1C[C@@H](CCCNC(=O)OCc2ccccc2)C1=O. The number of aliphatic hydroxyl groups is 1. The van der Waals surface area contributed by atoms with Crippen LogP contribution < -0.4 is 10.6 Å². The van der Waals surface area contributed by atoms with Crippen LogP contribution in [0.2, 0.25) is 0 Å². The third kappa shape index (κ3) is 7.81. The Morgan fingerprint density at radius 1 is 0.972 bits per heavy atom. The van der Waals surface area contributed by atoms with E-state index in [9.17, 15) is 24.3 Å². The highest BCUT2D eigenvalue weighted by atomic mass is 16.6. The first kappa shape index (κ1) is 26.7. The number of nitrogens with zero attached hydrogens (tertiary/aromatic N) is 1. The van der Waals surface area contributed by atoms with Crippen LogP contribution in [0.15, 0.2) is 60.7 Å². The molecule has 10 heteroatoms. The molecule has 1 fully saturated rings. The molecule has 1 heterocycles. The third-order valence-electron chi connectivity index (χ3n) is 5.73. The Morgan fingerprint density at radius 3 is 2.06 bits per heavy atom. The number of ether oxygens (including phenoxy) is 2. The highest BCUT2D eigenvalue weighted by Gasteiger charge is 2.44. The van der Waals surface area contributed by atoms with Crippen molar-refractivity contribution in [3.8, 4) is 0 Å². The Bertz CT molecular complexity index is 1030. The van der Waals surface area contributed by atoms with E-state index >= 15 is 0 Å². The molecule has 4 amide bonds. The fraction of sp³-hybridized carbons (Fsp3) is 0.385. The number of amides is 4. The number of alkyl carbamates (subject to hydrolysis) is 2. The summed E-state index contributed by atoms with van der Waals surface area (Å²) >= 11 is 0. The first-order valence-electron chi connectivity index (χ1n) is 11.8. The number of likely N-dealkylation sites (tertiary alicyclic amines) is 1. The summed E-state index contributed by atoms with van der Waals surface area (Å²) in [5.74, 6) is -1.43. The molecule has 0 radical (unpaired) electrons. The second kappa shape index (κ2) is 13.2. The molecule has 0 aliphatic carbocycles. The minimum atomic E-state index is -1.31. The van der Waals surface area contributed by atoms with Gasteiger partial charge in [-0.15, -0.1) is 0 Å². The Labute approximate surface area is 209 Å². The van der Waals surface area contributed by atoms with Crippen LogP contribution in [0.3, 0.4) is 0 Å². The van der Waals surface area contributed by atoms with Crippen molar-refractivity contribution in [3.63, 3.8) is 0 Å². The molecule has 3 atom stereocenters. The lowest BCUT2D eigenvalue weighted by atomic mass is 9.92. The Kier molecular flexibility index (Phi) is 9.82. The number of benzene rings is 2. The number of rotatable bonds is 11. The van der Waals surface area contributed by atoms with Gasteiger partial charge in [-0.05, 0) is 30.9 Å². The summed E-state index contributed by atoms with van der Waals surface area (Å²) in [5, 5.41) is 15.0. The maximum absolute atomic E-state index is 12.7. The zero-order valence-corrected chi connectivity index (χ0v) is 20.1. The zero-order chi connectivity index (χ0) is 25.9. The molecule has 1 aliphatic heterocycles. The largest absolute Gasteiger partial charge is 0.445 e. The average molecular weight is 498 g/mol. The first-order valence-corrected chi connectivity index (χ1v) is 11.8. The van der Waals surface area contributed by atoms with Gasteiger partial charge in [-0.1, -0.05) is 60.7 Å². The number of imide groups is 1. The minimum absolute atomic E-state index is 0.00590. The summed E-state index contributed by atoms with van der Waals surface area (Å²) in [7, 11) is 0. The number of carbonyl (C=O) groups is 4. The molecule has 3 rings (SSSR count). The van der Waals surface area contributed by atoms with Crippen LogP contribution in [0, 0.1) is 5.92 Å². The van der Waals surface area contributed by atoms with E-state index in [-0.39, 0.29) is 31.6 Å². The van der Waals surface area contributed by atoms with Crippen molar-refractivity contribution >= 4 is 24.0 Å². The molecule has 2 aromatic rings. The fourth-order valence-corrected chi connectivity index (χ4v) is 3.67. The monoisotopic (exact) mass is 497 g/mol. The molecule has 2 unspecified atom stereocenters. The lowest BCUT2D eigenvalue weighted by molar-refractivity contribution is -0.161. The molecular formula is C26H31N3O7. The van der Waals surface area contributed by atoms with E-state index in [1.54, 1.807) is 24.3 Å². The van der Waals surface area contributed by atoms with Crippen molar-refractivity contribution in [1.82, 2.24) is 15.5 Å². The van der Waals surface area contributed by atoms with Gasteiger partial charge >= 0.3 is 12.2 Å². The maximum Gasteiger partial charge on any atom is 0.408 e. The van der Waals surface area contributed by atoms with Gasteiger partial charge in [-0.3, -0.25) is 14.5 Å². The van der Waals surface area contributed by atoms with Crippen molar-refractivity contribution in [3.05, 3.63) is 71.8 Å². The zero-order valence-electron chi connectivity index (χ0n) is 20.1. The number of hydrogen-bond acceptors (Lipinski definition) is 7. The van der Waals surface area contributed by atoms with Crippen LogP contribution in [0.1, 0.15) is 30.9 Å². The first-order chi connectivity index (χ1) is 17.3. The van der Waals surface area contributed by atoms with Gasteiger partial charge in [-0.2, -0.15) is 0 Å². The molecule has 0 spiro atoms. The lowest BCUT2D eigenvalue weighted by Crippen LogP contribution is -2.62. The van der Waals surface area contributed by atoms with E-state index in [1.165, 1.54) is 6.92 Å². The Hall–Kier alpha value is -3.92. The predicted molar refractivity (Wildman–Crippen MR) is 129 cm³/mol. The summed E-state index contributed by atoms with van der Waals surface area (Å²) in [5.41, 5.74) is 1.65. The summed E-state index contributed by atoms with van der Waals surface area (Å²) in [6.07, 6.45) is -1.62. The van der Waals surface area contributed by atoms with E-state index in [1.807, 2.05) is 36.4 Å². The topological polar surface area (TPSA) is 134 Å². The highest BCUT2D eigenvalue weighted by Crippen LogP contribution is 2.23. The summed E-state index contributed by atoms with van der Waals surface area (Å²) in [4.78, 5) is 50.1. The van der Waals surface area contributed by atoms with Crippen LogP contribution in [0.25, 0.3) is 0 Å². The molecule has 1 aliphatic rings. The molecular weight excluding hydrogens is 466 g/mol. The van der Waals surface area contributed by atoms with E-state index in [0.29, 0.717) is 19.4 Å². The number of aliphatic hydroxyl groups excluding tert-OH is 1. The molecule has 10 nitrogen and oxygen atoms in total. The van der Waals surface area contributed by atoms with Crippen LogP contribution >= 0.6 is 0 Å². The molecule has 192 valence electrons. The maximum atomic E-state index is 12.7. The van der Waals surface area contributed by atoms with Crippen LogP contribution in [-0.2, 0) is 32.3 Å². The molecule has 2 aromatic carbocycles.